The zero-order valence-corrected chi connectivity index (χ0v) is 10.9. The van der Waals surface area contributed by atoms with E-state index < -0.39 is 16.1 Å². The molecule has 1 aromatic rings. The van der Waals surface area contributed by atoms with Crippen LogP contribution >= 0.6 is 0 Å². The van der Waals surface area contributed by atoms with E-state index in [-0.39, 0.29) is 30.7 Å². The molecule has 0 aliphatic carbocycles. The summed E-state index contributed by atoms with van der Waals surface area (Å²) in [4.78, 5) is 3.98. The number of aliphatic hydroxyl groups is 1. The average molecular weight is 272 g/mol. The van der Waals surface area contributed by atoms with Crippen LogP contribution in [0.1, 0.15) is 6.92 Å². The van der Waals surface area contributed by atoms with Crippen molar-refractivity contribution in [1.82, 2.24) is 9.29 Å². The number of ether oxygens (including phenoxy) is 1. The summed E-state index contributed by atoms with van der Waals surface area (Å²) in [5, 5.41) is 9.10. The third kappa shape index (κ3) is 2.69. The smallest absolute Gasteiger partial charge is 0.244 e. The number of morpholine rings is 1. The Hall–Kier alpha value is -1.02. The molecule has 2 atom stereocenters. The van der Waals surface area contributed by atoms with Gasteiger partial charge in [0, 0.05) is 25.5 Å². The molecule has 1 N–H and O–H groups in total. The third-order valence-corrected chi connectivity index (χ3v) is 4.58. The highest BCUT2D eigenvalue weighted by Gasteiger charge is 2.33. The van der Waals surface area contributed by atoms with Gasteiger partial charge in [0.25, 0.3) is 0 Å². The molecule has 1 saturated heterocycles. The van der Waals surface area contributed by atoms with Crippen LogP contribution in [0, 0.1) is 0 Å². The van der Waals surface area contributed by atoms with E-state index in [9.17, 15) is 8.42 Å². The van der Waals surface area contributed by atoms with Gasteiger partial charge in [0.1, 0.15) is 4.90 Å². The monoisotopic (exact) mass is 272 g/mol. The van der Waals surface area contributed by atoms with Crippen molar-refractivity contribution in [2.24, 2.45) is 0 Å². The van der Waals surface area contributed by atoms with Crippen molar-refractivity contribution in [2.75, 3.05) is 19.7 Å². The second-order valence-electron chi connectivity index (χ2n) is 4.26. The minimum Gasteiger partial charge on any atom is -0.394 e. The maximum atomic E-state index is 12.3. The number of hydrogen-bond donors (Lipinski definition) is 1. The zero-order chi connectivity index (χ0) is 13.2. The summed E-state index contributed by atoms with van der Waals surface area (Å²) in [7, 11) is -3.56. The van der Waals surface area contributed by atoms with Gasteiger partial charge >= 0.3 is 0 Å². The molecule has 7 heteroatoms. The molecule has 1 aliphatic heterocycles. The molecule has 0 spiro atoms. The van der Waals surface area contributed by atoms with Crippen molar-refractivity contribution in [3.05, 3.63) is 24.5 Å². The van der Waals surface area contributed by atoms with E-state index in [2.05, 4.69) is 4.98 Å². The lowest BCUT2D eigenvalue weighted by Gasteiger charge is -2.35. The predicted octanol–water partition coefficient (Wildman–Crippen LogP) is -0.148. The minimum atomic E-state index is -3.56. The highest BCUT2D eigenvalue weighted by molar-refractivity contribution is 7.89. The zero-order valence-electron chi connectivity index (χ0n) is 10.1. The van der Waals surface area contributed by atoms with Gasteiger partial charge in [0.05, 0.1) is 18.8 Å². The van der Waals surface area contributed by atoms with Gasteiger partial charge in [-0.25, -0.2) is 8.42 Å². The van der Waals surface area contributed by atoms with Gasteiger partial charge < -0.3 is 9.84 Å². The van der Waals surface area contributed by atoms with Gasteiger partial charge in [-0.05, 0) is 19.1 Å². The number of aliphatic hydroxyl groups excluding tert-OH is 1. The van der Waals surface area contributed by atoms with Gasteiger partial charge in [-0.15, -0.1) is 0 Å². The lowest BCUT2D eigenvalue weighted by atomic mass is 10.2. The molecule has 2 unspecified atom stereocenters. The molecule has 1 aliphatic rings. The van der Waals surface area contributed by atoms with Crippen molar-refractivity contribution in [2.45, 2.75) is 24.0 Å². The lowest BCUT2D eigenvalue weighted by molar-refractivity contribution is -0.0750. The molecule has 2 rings (SSSR count). The highest BCUT2D eigenvalue weighted by atomic mass is 32.2. The van der Waals surface area contributed by atoms with Crippen LogP contribution in [0.4, 0.5) is 0 Å². The Bertz CT molecular complexity index is 491. The molecule has 6 nitrogen and oxygen atoms in total. The van der Waals surface area contributed by atoms with Crippen molar-refractivity contribution in [1.29, 1.82) is 0 Å². The van der Waals surface area contributed by atoms with Crippen LogP contribution in [0.2, 0.25) is 0 Å². The summed E-state index contributed by atoms with van der Waals surface area (Å²) in [5.41, 5.74) is 0. The van der Waals surface area contributed by atoms with E-state index in [1.807, 2.05) is 0 Å². The lowest BCUT2D eigenvalue weighted by Crippen LogP contribution is -2.50. The fourth-order valence-corrected chi connectivity index (χ4v) is 3.46. The van der Waals surface area contributed by atoms with Crippen LogP contribution in [0.5, 0.6) is 0 Å². The molecule has 1 fully saturated rings. The van der Waals surface area contributed by atoms with E-state index in [4.69, 9.17) is 9.84 Å². The average Bonchev–Trinajstić information content (AvgIpc) is 2.39. The molecular formula is C11H16N2O4S. The van der Waals surface area contributed by atoms with Crippen molar-refractivity contribution in [3.8, 4) is 0 Å². The van der Waals surface area contributed by atoms with Gasteiger partial charge in [0.2, 0.25) is 10.0 Å². The van der Waals surface area contributed by atoms with E-state index in [1.165, 1.54) is 22.8 Å². The summed E-state index contributed by atoms with van der Waals surface area (Å²) >= 11 is 0. The Kier molecular flexibility index (Phi) is 3.96. The van der Waals surface area contributed by atoms with Crippen LogP contribution < -0.4 is 0 Å². The first-order chi connectivity index (χ1) is 8.54. The molecule has 2 heterocycles. The van der Waals surface area contributed by atoms with Crippen LogP contribution in [-0.4, -0.2) is 54.7 Å². The molecule has 0 saturated carbocycles. The van der Waals surface area contributed by atoms with E-state index in [0.717, 1.165) is 0 Å². The summed E-state index contributed by atoms with van der Waals surface area (Å²) in [5.74, 6) is 0. The Morgan fingerprint density at radius 2 is 2.33 bits per heavy atom. The summed E-state index contributed by atoms with van der Waals surface area (Å²) < 4.78 is 31.4. The number of rotatable bonds is 3. The summed E-state index contributed by atoms with van der Waals surface area (Å²) in [6.45, 7) is 2.04. The fraction of sp³-hybridized carbons (Fsp3) is 0.545. The second kappa shape index (κ2) is 5.31. The Balaban J connectivity index is 2.25. The number of nitrogens with zero attached hydrogens (tertiary/aromatic N) is 2. The van der Waals surface area contributed by atoms with E-state index >= 15 is 0 Å². The van der Waals surface area contributed by atoms with Crippen LogP contribution in [0.25, 0.3) is 0 Å². The first kappa shape index (κ1) is 13.4. The molecule has 0 aromatic carbocycles. The van der Waals surface area contributed by atoms with E-state index in [1.54, 1.807) is 13.0 Å². The second-order valence-corrected chi connectivity index (χ2v) is 6.20. The molecular weight excluding hydrogens is 256 g/mol. The molecule has 1 aromatic heterocycles. The van der Waals surface area contributed by atoms with Crippen LogP contribution in [0.3, 0.4) is 0 Å². The number of hydrogen-bond acceptors (Lipinski definition) is 5. The third-order valence-electron chi connectivity index (χ3n) is 2.77. The van der Waals surface area contributed by atoms with Gasteiger partial charge in [-0.2, -0.15) is 4.31 Å². The van der Waals surface area contributed by atoms with Gasteiger partial charge in [-0.3, -0.25) is 4.98 Å². The Morgan fingerprint density at radius 3 is 2.94 bits per heavy atom. The largest absolute Gasteiger partial charge is 0.394 e. The summed E-state index contributed by atoms with van der Waals surface area (Å²) in [6, 6.07) is 3.09. The predicted molar refractivity (Wildman–Crippen MR) is 64.4 cm³/mol. The first-order valence-electron chi connectivity index (χ1n) is 5.70. The van der Waals surface area contributed by atoms with Crippen molar-refractivity contribution in [3.63, 3.8) is 0 Å². The number of pyridine rings is 1. The highest BCUT2D eigenvalue weighted by Crippen LogP contribution is 2.20. The normalized spacial score (nSPS) is 26.1. The topological polar surface area (TPSA) is 79.7 Å². The van der Waals surface area contributed by atoms with Gasteiger partial charge in [-0.1, -0.05) is 0 Å². The first-order valence-corrected chi connectivity index (χ1v) is 7.14. The minimum absolute atomic E-state index is 0.163. The molecule has 18 heavy (non-hydrogen) atoms. The van der Waals surface area contributed by atoms with Crippen LogP contribution in [-0.2, 0) is 14.8 Å². The Morgan fingerprint density at radius 1 is 1.56 bits per heavy atom. The van der Waals surface area contributed by atoms with Gasteiger partial charge in [0.15, 0.2) is 0 Å². The van der Waals surface area contributed by atoms with Crippen molar-refractivity contribution < 1.29 is 18.3 Å². The molecule has 0 amide bonds. The quantitative estimate of drug-likeness (QED) is 0.828. The summed E-state index contributed by atoms with van der Waals surface area (Å²) in [6.07, 6.45) is 2.14. The molecule has 100 valence electrons. The number of sulfonamides is 1. The standard InChI is InChI=1S/C11H16N2O4S/c1-9-6-13(7-10(8-14)17-9)18(15,16)11-3-2-4-12-5-11/h2-5,9-10,14H,6-8H2,1H3. The number of aromatic nitrogens is 1. The van der Waals surface area contributed by atoms with Crippen molar-refractivity contribution >= 4 is 10.0 Å². The maximum Gasteiger partial charge on any atom is 0.244 e. The Labute approximate surface area is 106 Å². The molecule has 0 radical (unpaired) electrons. The van der Waals surface area contributed by atoms with E-state index in [0.29, 0.717) is 0 Å². The maximum absolute atomic E-state index is 12.3. The molecule has 0 bridgehead atoms. The fourth-order valence-electron chi connectivity index (χ4n) is 1.95. The SMILES string of the molecule is CC1CN(S(=O)(=O)c2cccnc2)CC(CO)O1. The van der Waals surface area contributed by atoms with Crippen LogP contribution in [0.15, 0.2) is 29.4 Å².